The van der Waals surface area contributed by atoms with E-state index in [4.69, 9.17) is 0 Å². The first-order chi connectivity index (χ1) is 8.36. The molecule has 0 fully saturated rings. The van der Waals surface area contributed by atoms with Crippen molar-refractivity contribution in [3.63, 3.8) is 0 Å². The van der Waals surface area contributed by atoms with Crippen molar-refractivity contribution in [1.29, 1.82) is 0 Å². The van der Waals surface area contributed by atoms with Crippen LogP contribution in [0.4, 0.5) is 0 Å². The van der Waals surface area contributed by atoms with Crippen LogP contribution in [0.25, 0.3) is 5.57 Å². The van der Waals surface area contributed by atoms with Crippen molar-refractivity contribution in [3.05, 3.63) is 71.1 Å². The Hall–Kier alpha value is -1.89. The smallest absolute Gasteiger partial charge is 0.0451 e. The molecule has 1 heterocycles. The molecule has 0 saturated carbocycles. The summed E-state index contributed by atoms with van der Waals surface area (Å²) in [5.41, 5.74) is 6.54. The van der Waals surface area contributed by atoms with Gasteiger partial charge in [-0.15, -0.1) is 0 Å². The highest BCUT2D eigenvalue weighted by Gasteiger charge is 2.14. The molecule has 3 rings (SSSR count). The normalized spacial score (nSPS) is 14.1. The molecule has 0 saturated heterocycles. The van der Waals surface area contributed by atoms with Gasteiger partial charge in [0.2, 0.25) is 0 Å². The molecule has 0 spiro atoms. The molecule has 0 aliphatic heterocycles. The first-order valence-corrected chi connectivity index (χ1v) is 6.06. The van der Waals surface area contributed by atoms with Gasteiger partial charge >= 0.3 is 0 Å². The van der Waals surface area contributed by atoms with E-state index in [1.165, 1.54) is 22.3 Å². The first-order valence-electron chi connectivity index (χ1n) is 6.06. The van der Waals surface area contributed by atoms with Crippen LogP contribution in [-0.4, -0.2) is 4.98 Å². The number of aryl methyl sites for hydroxylation is 2. The van der Waals surface area contributed by atoms with Crippen LogP contribution in [0.5, 0.6) is 0 Å². The van der Waals surface area contributed by atoms with Crippen molar-refractivity contribution in [2.45, 2.75) is 19.8 Å². The van der Waals surface area contributed by atoms with E-state index in [1.807, 2.05) is 12.3 Å². The Morgan fingerprint density at radius 1 is 1.00 bits per heavy atom. The Labute approximate surface area is 102 Å². The molecule has 0 unspecified atom stereocenters. The van der Waals surface area contributed by atoms with Crippen molar-refractivity contribution in [1.82, 2.24) is 4.98 Å². The number of benzene rings is 1. The van der Waals surface area contributed by atoms with Crippen molar-refractivity contribution in [2.75, 3.05) is 0 Å². The molecule has 0 atom stereocenters. The molecule has 0 radical (unpaired) electrons. The molecule has 1 aliphatic carbocycles. The van der Waals surface area contributed by atoms with Gasteiger partial charge in [-0.1, -0.05) is 36.4 Å². The average Bonchev–Trinajstić information content (AvgIpc) is 2.39. The molecule has 2 aromatic rings. The second kappa shape index (κ2) is 4.17. The Balaban J connectivity index is 2.17. The molecule has 17 heavy (non-hydrogen) atoms. The van der Waals surface area contributed by atoms with Crippen LogP contribution in [0.3, 0.4) is 0 Å². The van der Waals surface area contributed by atoms with Crippen LogP contribution < -0.4 is 0 Å². The number of rotatable bonds is 1. The van der Waals surface area contributed by atoms with Gasteiger partial charge in [0, 0.05) is 17.5 Å². The maximum Gasteiger partial charge on any atom is 0.0451 e. The zero-order chi connectivity index (χ0) is 11.7. The number of aromatic nitrogens is 1. The highest BCUT2D eigenvalue weighted by Crippen LogP contribution is 2.32. The van der Waals surface area contributed by atoms with E-state index in [0.717, 1.165) is 18.5 Å². The molecular weight excluding hydrogens is 206 g/mol. The van der Waals surface area contributed by atoms with E-state index in [0.29, 0.717) is 0 Å². The van der Waals surface area contributed by atoms with E-state index in [1.54, 1.807) is 0 Å². The summed E-state index contributed by atoms with van der Waals surface area (Å²) in [6.07, 6.45) is 6.47. The van der Waals surface area contributed by atoms with Crippen molar-refractivity contribution in [3.8, 4) is 0 Å². The predicted molar refractivity (Wildman–Crippen MR) is 70.8 cm³/mol. The molecule has 1 aromatic heterocycles. The SMILES string of the molecule is Cc1ncccc1C1=CCCc2ccccc21. The van der Waals surface area contributed by atoms with Gasteiger partial charge in [-0.05, 0) is 42.5 Å². The number of fused-ring (bicyclic) bond motifs is 1. The largest absolute Gasteiger partial charge is 0.261 e. The van der Waals surface area contributed by atoms with Crippen LogP contribution in [-0.2, 0) is 6.42 Å². The maximum absolute atomic E-state index is 4.39. The second-order valence-corrected chi connectivity index (χ2v) is 4.45. The molecule has 1 heteroatoms. The fraction of sp³-hybridized carbons (Fsp3) is 0.188. The van der Waals surface area contributed by atoms with Gasteiger partial charge in [-0.25, -0.2) is 0 Å². The van der Waals surface area contributed by atoms with E-state index < -0.39 is 0 Å². The van der Waals surface area contributed by atoms with Gasteiger partial charge in [0.15, 0.2) is 0 Å². The average molecular weight is 221 g/mol. The Kier molecular flexibility index (Phi) is 2.52. The highest BCUT2D eigenvalue weighted by molar-refractivity contribution is 5.83. The minimum absolute atomic E-state index is 1.11. The lowest BCUT2D eigenvalue weighted by molar-refractivity contribution is 0.975. The monoisotopic (exact) mass is 221 g/mol. The Bertz CT molecular complexity index is 582. The lowest BCUT2D eigenvalue weighted by Gasteiger charge is -2.18. The lowest BCUT2D eigenvalue weighted by Crippen LogP contribution is -2.02. The minimum Gasteiger partial charge on any atom is -0.261 e. The maximum atomic E-state index is 4.39. The number of hydrogen-bond acceptors (Lipinski definition) is 1. The summed E-state index contributed by atoms with van der Waals surface area (Å²) in [7, 11) is 0. The summed E-state index contributed by atoms with van der Waals surface area (Å²) in [6.45, 7) is 2.08. The van der Waals surface area contributed by atoms with E-state index >= 15 is 0 Å². The van der Waals surface area contributed by atoms with Crippen LogP contribution in [0.1, 0.15) is 28.8 Å². The van der Waals surface area contributed by atoms with Gasteiger partial charge in [0.05, 0.1) is 0 Å². The predicted octanol–water partition coefficient (Wildman–Crippen LogP) is 3.77. The molecule has 0 N–H and O–H groups in total. The summed E-state index contributed by atoms with van der Waals surface area (Å²) in [5, 5.41) is 0. The first kappa shape index (κ1) is 10.3. The van der Waals surface area contributed by atoms with Crippen LogP contribution in [0.15, 0.2) is 48.7 Å². The summed E-state index contributed by atoms with van der Waals surface area (Å²) < 4.78 is 0. The quantitative estimate of drug-likeness (QED) is 0.714. The lowest BCUT2D eigenvalue weighted by atomic mass is 9.86. The fourth-order valence-corrected chi connectivity index (χ4v) is 2.51. The molecule has 0 bridgehead atoms. The van der Waals surface area contributed by atoms with E-state index in [9.17, 15) is 0 Å². The molecule has 1 aromatic carbocycles. The van der Waals surface area contributed by atoms with Crippen LogP contribution >= 0.6 is 0 Å². The zero-order valence-corrected chi connectivity index (χ0v) is 9.98. The standard InChI is InChI=1S/C16H15N/c1-12-14(10-5-11-17-12)16-9-4-7-13-6-2-3-8-15(13)16/h2-3,5-6,8-11H,4,7H2,1H3. The van der Waals surface area contributed by atoms with Crippen molar-refractivity contribution >= 4 is 5.57 Å². The highest BCUT2D eigenvalue weighted by atomic mass is 14.7. The third kappa shape index (κ3) is 1.78. The third-order valence-corrected chi connectivity index (χ3v) is 3.37. The Morgan fingerprint density at radius 2 is 1.82 bits per heavy atom. The molecule has 1 aliphatic rings. The van der Waals surface area contributed by atoms with Gasteiger partial charge < -0.3 is 0 Å². The summed E-state index contributed by atoms with van der Waals surface area (Å²) >= 11 is 0. The van der Waals surface area contributed by atoms with Gasteiger partial charge in [0.1, 0.15) is 0 Å². The van der Waals surface area contributed by atoms with Crippen LogP contribution in [0.2, 0.25) is 0 Å². The number of hydrogen-bond donors (Lipinski definition) is 0. The van der Waals surface area contributed by atoms with Crippen molar-refractivity contribution in [2.24, 2.45) is 0 Å². The molecule has 0 amide bonds. The summed E-state index contributed by atoms with van der Waals surface area (Å²) in [4.78, 5) is 4.39. The fourth-order valence-electron chi connectivity index (χ4n) is 2.51. The molecule has 84 valence electrons. The Morgan fingerprint density at radius 3 is 2.71 bits per heavy atom. The topological polar surface area (TPSA) is 12.9 Å². The minimum atomic E-state index is 1.11. The van der Waals surface area contributed by atoms with E-state index in [-0.39, 0.29) is 0 Å². The van der Waals surface area contributed by atoms with Gasteiger partial charge in [-0.3, -0.25) is 4.98 Å². The molecular formula is C16H15N. The van der Waals surface area contributed by atoms with Gasteiger partial charge in [0.25, 0.3) is 0 Å². The van der Waals surface area contributed by atoms with E-state index in [2.05, 4.69) is 48.3 Å². The summed E-state index contributed by atoms with van der Waals surface area (Å²) in [5.74, 6) is 0. The second-order valence-electron chi connectivity index (χ2n) is 4.45. The zero-order valence-electron chi connectivity index (χ0n) is 9.98. The number of nitrogens with zero attached hydrogens (tertiary/aromatic N) is 1. The third-order valence-electron chi connectivity index (χ3n) is 3.37. The van der Waals surface area contributed by atoms with Crippen molar-refractivity contribution < 1.29 is 0 Å². The van der Waals surface area contributed by atoms with Gasteiger partial charge in [-0.2, -0.15) is 0 Å². The molecule has 1 nitrogen and oxygen atoms in total. The number of pyridine rings is 1. The number of allylic oxidation sites excluding steroid dienone is 1. The van der Waals surface area contributed by atoms with Crippen LogP contribution in [0, 0.1) is 6.92 Å². The summed E-state index contributed by atoms with van der Waals surface area (Å²) in [6, 6.07) is 12.9.